The standard InChI is InChI=1S/C5H12N2/c1-5(2)3-4-7-6/h5-6H,3-4H2,1-2H3. The number of nitrogens with zero attached hydrogens (tertiary/aromatic N) is 1. The highest BCUT2D eigenvalue weighted by Crippen LogP contribution is 1.97. The van der Waals surface area contributed by atoms with Gasteiger partial charge in [0.15, 0.2) is 0 Å². The van der Waals surface area contributed by atoms with Gasteiger partial charge in [-0.2, -0.15) is 5.11 Å². The first-order valence-electron chi connectivity index (χ1n) is 2.60. The van der Waals surface area contributed by atoms with Crippen molar-refractivity contribution in [2.45, 2.75) is 20.3 Å². The molecule has 7 heavy (non-hydrogen) atoms. The molecule has 0 aromatic rings. The summed E-state index contributed by atoms with van der Waals surface area (Å²) in [5.74, 6) is 0.689. The number of hydrogen-bond acceptors (Lipinski definition) is 2. The minimum absolute atomic E-state index is 0.689. The van der Waals surface area contributed by atoms with Crippen LogP contribution in [0.25, 0.3) is 0 Å². The molecule has 0 aromatic heterocycles. The van der Waals surface area contributed by atoms with Crippen molar-refractivity contribution in [1.82, 2.24) is 0 Å². The highest BCUT2D eigenvalue weighted by atomic mass is 14.9. The smallest absolute Gasteiger partial charge is 0.0598 e. The summed E-state index contributed by atoms with van der Waals surface area (Å²) in [4.78, 5) is 0. The lowest BCUT2D eigenvalue weighted by atomic mass is 10.1. The topological polar surface area (TPSA) is 36.2 Å². The zero-order valence-corrected chi connectivity index (χ0v) is 4.94. The van der Waals surface area contributed by atoms with E-state index in [1.807, 2.05) is 0 Å². The van der Waals surface area contributed by atoms with Gasteiger partial charge < -0.3 is 0 Å². The SMILES string of the molecule is CC(C)CCN=N. The highest BCUT2D eigenvalue weighted by Gasteiger charge is 1.88. The van der Waals surface area contributed by atoms with E-state index in [1.54, 1.807) is 0 Å². The maximum absolute atomic E-state index is 6.42. The van der Waals surface area contributed by atoms with Crippen molar-refractivity contribution in [3.05, 3.63) is 0 Å². The van der Waals surface area contributed by atoms with Crippen molar-refractivity contribution in [3.8, 4) is 0 Å². The summed E-state index contributed by atoms with van der Waals surface area (Å²) in [6.07, 6.45) is 1.05. The van der Waals surface area contributed by atoms with Gasteiger partial charge in [-0.05, 0) is 12.3 Å². The second-order valence-corrected chi connectivity index (χ2v) is 2.06. The zero-order valence-electron chi connectivity index (χ0n) is 4.94. The largest absolute Gasteiger partial charge is 0.210 e. The summed E-state index contributed by atoms with van der Waals surface area (Å²) in [7, 11) is 0. The first-order valence-corrected chi connectivity index (χ1v) is 2.60. The van der Waals surface area contributed by atoms with E-state index < -0.39 is 0 Å². The normalized spacial score (nSPS) is 9.57. The molecule has 1 N–H and O–H groups in total. The lowest BCUT2D eigenvalue weighted by Crippen LogP contribution is -1.88. The molecule has 0 aliphatic rings. The molecule has 2 heteroatoms. The molecule has 0 fully saturated rings. The fourth-order valence-corrected chi connectivity index (χ4v) is 0.323. The molecule has 0 rings (SSSR count). The van der Waals surface area contributed by atoms with Crippen molar-refractivity contribution < 1.29 is 0 Å². The lowest BCUT2D eigenvalue weighted by Gasteiger charge is -1.95. The van der Waals surface area contributed by atoms with Crippen LogP contribution in [0, 0.1) is 11.4 Å². The lowest BCUT2D eigenvalue weighted by molar-refractivity contribution is 0.584. The van der Waals surface area contributed by atoms with Gasteiger partial charge in [-0.3, -0.25) is 0 Å². The number of hydrogen-bond donors (Lipinski definition) is 1. The first kappa shape index (κ1) is 6.60. The Morgan fingerprint density at radius 3 is 2.29 bits per heavy atom. The summed E-state index contributed by atoms with van der Waals surface area (Å²) in [5.41, 5.74) is 6.42. The summed E-state index contributed by atoms with van der Waals surface area (Å²) < 4.78 is 0. The monoisotopic (exact) mass is 100 g/mol. The molecule has 0 atom stereocenters. The average Bonchev–Trinajstić information content (AvgIpc) is 1.61. The fourth-order valence-electron chi connectivity index (χ4n) is 0.323. The summed E-state index contributed by atoms with van der Waals surface area (Å²) >= 11 is 0. The Hall–Kier alpha value is -0.400. The number of nitrogens with one attached hydrogen (secondary N) is 1. The van der Waals surface area contributed by atoms with Gasteiger partial charge in [-0.25, -0.2) is 5.53 Å². The van der Waals surface area contributed by atoms with E-state index in [0.717, 1.165) is 6.42 Å². The maximum atomic E-state index is 6.42. The molecule has 2 nitrogen and oxygen atoms in total. The fraction of sp³-hybridized carbons (Fsp3) is 1.00. The molecule has 0 saturated carbocycles. The third-order valence-corrected chi connectivity index (χ3v) is 0.818. The maximum Gasteiger partial charge on any atom is 0.0598 e. The van der Waals surface area contributed by atoms with Crippen LogP contribution >= 0.6 is 0 Å². The van der Waals surface area contributed by atoms with Crippen LogP contribution in [-0.2, 0) is 0 Å². The molecule has 0 aliphatic heterocycles. The number of rotatable bonds is 3. The van der Waals surface area contributed by atoms with E-state index in [2.05, 4.69) is 19.0 Å². The van der Waals surface area contributed by atoms with E-state index >= 15 is 0 Å². The average molecular weight is 100 g/mol. The van der Waals surface area contributed by atoms with E-state index in [9.17, 15) is 0 Å². The van der Waals surface area contributed by atoms with Crippen LogP contribution in [0.1, 0.15) is 20.3 Å². The highest BCUT2D eigenvalue weighted by molar-refractivity contribution is 4.43. The van der Waals surface area contributed by atoms with Crippen LogP contribution in [0.2, 0.25) is 0 Å². The summed E-state index contributed by atoms with van der Waals surface area (Å²) in [5, 5.41) is 3.23. The van der Waals surface area contributed by atoms with Crippen molar-refractivity contribution in [1.29, 1.82) is 5.53 Å². The van der Waals surface area contributed by atoms with Crippen molar-refractivity contribution in [2.75, 3.05) is 6.54 Å². The van der Waals surface area contributed by atoms with E-state index in [-0.39, 0.29) is 0 Å². The van der Waals surface area contributed by atoms with Crippen LogP contribution in [0.3, 0.4) is 0 Å². The molecule has 0 aliphatic carbocycles. The van der Waals surface area contributed by atoms with Gasteiger partial charge in [0.25, 0.3) is 0 Å². The molecule has 0 saturated heterocycles. The second-order valence-electron chi connectivity index (χ2n) is 2.06. The van der Waals surface area contributed by atoms with Gasteiger partial charge in [0.1, 0.15) is 0 Å². The molecular formula is C5H12N2. The van der Waals surface area contributed by atoms with E-state index in [0.29, 0.717) is 12.5 Å². The molecule has 42 valence electrons. The quantitative estimate of drug-likeness (QED) is 0.527. The molecule has 0 radical (unpaired) electrons. The summed E-state index contributed by atoms with van der Waals surface area (Å²) in [6.45, 7) is 4.95. The Balaban J connectivity index is 2.81. The van der Waals surface area contributed by atoms with Gasteiger partial charge in [0, 0.05) is 0 Å². The van der Waals surface area contributed by atoms with Crippen LogP contribution in [0.4, 0.5) is 0 Å². The van der Waals surface area contributed by atoms with Gasteiger partial charge in [0.05, 0.1) is 6.54 Å². The minimum atomic E-state index is 0.689. The predicted molar refractivity (Wildman–Crippen MR) is 29.5 cm³/mol. The molecule has 0 heterocycles. The van der Waals surface area contributed by atoms with Gasteiger partial charge in [0.2, 0.25) is 0 Å². The first-order chi connectivity index (χ1) is 3.27. The van der Waals surface area contributed by atoms with Gasteiger partial charge in [-0.15, -0.1) is 0 Å². The van der Waals surface area contributed by atoms with Crippen molar-refractivity contribution in [3.63, 3.8) is 0 Å². The molecule has 0 bridgehead atoms. The van der Waals surface area contributed by atoms with Gasteiger partial charge >= 0.3 is 0 Å². The third-order valence-electron chi connectivity index (χ3n) is 0.818. The molecule has 0 aromatic carbocycles. The van der Waals surface area contributed by atoms with Crippen molar-refractivity contribution >= 4 is 0 Å². The van der Waals surface area contributed by atoms with Crippen molar-refractivity contribution in [2.24, 2.45) is 11.0 Å². The minimum Gasteiger partial charge on any atom is -0.210 e. The summed E-state index contributed by atoms with van der Waals surface area (Å²) in [6, 6.07) is 0. The van der Waals surface area contributed by atoms with Crippen LogP contribution < -0.4 is 0 Å². The van der Waals surface area contributed by atoms with E-state index in [1.165, 1.54) is 0 Å². The van der Waals surface area contributed by atoms with Crippen LogP contribution in [0.5, 0.6) is 0 Å². The zero-order chi connectivity index (χ0) is 5.70. The molecule has 0 spiro atoms. The molecule has 0 unspecified atom stereocenters. The Kier molecular flexibility index (Phi) is 3.56. The molecular weight excluding hydrogens is 88.1 g/mol. The third kappa shape index (κ3) is 5.60. The second kappa shape index (κ2) is 3.78. The Labute approximate surface area is 44.4 Å². The van der Waals surface area contributed by atoms with Gasteiger partial charge in [-0.1, -0.05) is 13.8 Å². The Morgan fingerprint density at radius 1 is 1.57 bits per heavy atom. The van der Waals surface area contributed by atoms with Crippen LogP contribution in [-0.4, -0.2) is 6.54 Å². The molecule has 0 amide bonds. The van der Waals surface area contributed by atoms with Crippen LogP contribution in [0.15, 0.2) is 5.11 Å². The Morgan fingerprint density at radius 2 is 2.14 bits per heavy atom. The Bertz CT molecular complexity index is 50.0. The predicted octanol–water partition coefficient (Wildman–Crippen LogP) is 2.06. The van der Waals surface area contributed by atoms with E-state index in [4.69, 9.17) is 5.53 Å².